The van der Waals surface area contributed by atoms with Crippen LogP contribution in [0.5, 0.6) is 0 Å². The molecule has 0 aromatic heterocycles. The second kappa shape index (κ2) is 34.6. The van der Waals surface area contributed by atoms with Crippen LogP contribution in [0.2, 0.25) is 0 Å². The minimum Gasteiger partial charge on any atom is -0.477 e. The largest absolute Gasteiger partial charge is 0.477 e. The number of allylic oxidation sites excluding steroid dienone is 6. The smallest absolute Gasteiger partial charge is 0.362 e. The predicted octanol–water partition coefficient (Wildman–Crippen LogP) is 10.7. The average molecular weight is 721 g/mol. The van der Waals surface area contributed by atoms with Gasteiger partial charge in [0.15, 0.2) is 12.1 Å². The van der Waals surface area contributed by atoms with E-state index in [1.54, 1.807) is 0 Å². The van der Waals surface area contributed by atoms with Crippen LogP contribution in [0.1, 0.15) is 168 Å². The maximum absolute atomic E-state index is 12.7. The fourth-order valence-electron chi connectivity index (χ4n) is 5.83. The number of quaternary nitrogens is 1. The highest BCUT2D eigenvalue weighted by molar-refractivity contribution is 5.72. The van der Waals surface area contributed by atoms with Gasteiger partial charge in [-0.05, 0) is 64.2 Å². The molecule has 8 nitrogen and oxygen atoms in total. The molecule has 0 spiro atoms. The zero-order valence-corrected chi connectivity index (χ0v) is 33.6. The number of esters is 2. The quantitative estimate of drug-likeness (QED) is 0.0298. The number of hydrogen-bond acceptors (Lipinski definition) is 6. The van der Waals surface area contributed by atoms with E-state index in [0.29, 0.717) is 19.3 Å². The van der Waals surface area contributed by atoms with E-state index < -0.39 is 18.1 Å². The van der Waals surface area contributed by atoms with Crippen molar-refractivity contribution in [2.45, 2.75) is 180 Å². The molecule has 0 saturated heterocycles. The van der Waals surface area contributed by atoms with Crippen molar-refractivity contribution < 1.29 is 38.2 Å². The third kappa shape index (κ3) is 33.2. The van der Waals surface area contributed by atoms with E-state index in [-0.39, 0.29) is 36.2 Å². The Morgan fingerprint density at radius 1 is 0.608 bits per heavy atom. The summed E-state index contributed by atoms with van der Waals surface area (Å²) >= 11 is 0. The SMILES string of the molecule is CC/C=C/C/C=C/CCCCCCCC(=O)OC(COCCC(C(=O)O)[N+](C)(C)C)COC(=O)CCCCCCCCC/C=C/CCCCCC. The van der Waals surface area contributed by atoms with Gasteiger partial charge in [-0.1, -0.05) is 121 Å². The van der Waals surface area contributed by atoms with Crippen molar-refractivity contribution >= 4 is 17.9 Å². The lowest BCUT2D eigenvalue weighted by atomic mass is 10.1. The summed E-state index contributed by atoms with van der Waals surface area (Å²) in [5, 5.41) is 9.59. The van der Waals surface area contributed by atoms with E-state index in [1.807, 2.05) is 21.1 Å². The van der Waals surface area contributed by atoms with Gasteiger partial charge in [-0.3, -0.25) is 9.59 Å². The monoisotopic (exact) mass is 721 g/mol. The summed E-state index contributed by atoms with van der Waals surface area (Å²) in [4.78, 5) is 36.8. The highest BCUT2D eigenvalue weighted by Crippen LogP contribution is 2.13. The number of aliphatic carboxylic acids is 1. The highest BCUT2D eigenvalue weighted by Gasteiger charge is 2.31. The first-order valence-electron chi connectivity index (χ1n) is 20.5. The number of carbonyl (C=O) groups is 3. The van der Waals surface area contributed by atoms with Crippen molar-refractivity contribution in [3.63, 3.8) is 0 Å². The fourth-order valence-corrected chi connectivity index (χ4v) is 5.83. The molecule has 0 radical (unpaired) electrons. The molecule has 8 heteroatoms. The Labute approximate surface area is 313 Å². The number of ether oxygens (including phenoxy) is 3. The zero-order chi connectivity index (χ0) is 37.8. The Bertz CT molecular complexity index is 937. The molecule has 51 heavy (non-hydrogen) atoms. The van der Waals surface area contributed by atoms with Gasteiger partial charge in [-0.15, -0.1) is 0 Å². The van der Waals surface area contributed by atoms with Crippen molar-refractivity contribution in [1.29, 1.82) is 0 Å². The summed E-state index contributed by atoms with van der Waals surface area (Å²) in [7, 11) is 5.51. The average Bonchev–Trinajstić information content (AvgIpc) is 3.08. The number of nitrogens with zero attached hydrogens (tertiary/aromatic N) is 1. The zero-order valence-electron chi connectivity index (χ0n) is 33.6. The van der Waals surface area contributed by atoms with Gasteiger partial charge in [0, 0.05) is 19.3 Å². The number of hydrogen-bond donors (Lipinski definition) is 1. The normalized spacial score (nSPS) is 13.4. The van der Waals surface area contributed by atoms with Gasteiger partial charge < -0.3 is 23.8 Å². The first-order chi connectivity index (χ1) is 24.6. The molecule has 0 bridgehead atoms. The predicted molar refractivity (Wildman–Crippen MR) is 211 cm³/mol. The lowest BCUT2D eigenvalue weighted by molar-refractivity contribution is -0.887. The molecule has 296 valence electrons. The van der Waals surface area contributed by atoms with E-state index in [9.17, 15) is 19.5 Å². The molecule has 0 aromatic rings. The minimum atomic E-state index is -0.879. The summed E-state index contributed by atoms with van der Waals surface area (Å²) in [5.74, 6) is -1.49. The van der Waals surface area contributed by atoms with Crippen molar-refractivity contribution in [2.75, 3.05) is 41.0 Å². The van der Waals surface area contributed by atoms with Crippen LogP contribution in [0.25, 0.3) is 0 Å². The van der Waals surface area contributed by atoms with Crippen LogP contribution in [-0.2, 0) is 28.6 Å². The van der Waals surface area contributed by atoms with Crippen molar-refractivity contribution in [2.24, 2.45) is 0 Å². The van der Waals surface area contributed by atoms with Crippen molar-refractivity contribution in [1.82, 2.24) is 0 Å². The van der Waals surface area contributed by atoms with Crippen LogP contribution in [0.3, 0.4) is 0 Å². The molecule has 0 aromatic carbocycles. The van der Waals surface area contributed by atoms with Crippen LogP contribution in [0.4, 0.5) is 0 Å². The van der Waals surface area contributed by atoms with Gasteiger partial charge in [0.1, 0.15) is 6.61 Å². The van der Waals surface area contributed by atoms with Crippen LogP contribution >= 0.6 is 0 Å². The minimum absolute atomic E-state index is 0.0546. The van der Waals surface area contributed by atoms with Crippen LogP contribution in [0.15, 0.2) is 36.5 Å². The van der Waals surface area contributed by atoms with Crippen LogP contribution in [0, 0.1) is 0 Å². The number of carboxylic acid groups (broad SMARTS) is 1. The van der Waals surface area contributed by atoms with E-state index in [1.165, 1.54) is 64.2 Å². The molecule has 0 amide bonds. The van der Waals surface area contributed by atoms with Gasteiger partial charge in [0.05, 0.1) is 34.4 Å². The first kappa shape index (κ1) is 48.5. The van der Waals surface area contributed by atoms with Gasteiger partial charge in [-0.25, -0.2) is 4.79 Å². The van der Waals surface area contributed by atoms with Crippen molar-refractivity contribution in [3.05, 3.63) is 36.5 Å². The molecule has 0 aliphatic heterocycles. The van der Waals surface area contributed by atoms with Crippen LogP contribution < -0.4 is 0 Å². The molecule has 0 heterocycles. The topological polar surface area (TPSA) is 99.1 Å². The number of likely N-dealkylation sites (N-methyl/N-ethyl adjacent to an activating group) is 1. The molecule has 0 aliphatic carbocycles. The molecule has 0 saturated carbocycles. The van der Waals surface area contributed by atoms with E-state index in [0.717, 1.165) is 70.6 Å². The first-order valence-corrected chi connectivity index (χ1v) is 20.5. The summed E-state index contributed by atoms with van der Waals surface area (Å²) in [6.45, 7) is 4.59. The number of rotatable bonds is 36. The standard InChI is InChI=1S/C43H77NO7/c1-6-8-10-12-14-16-18-20-21-22-24-25-27-29-31-33-41(45)50-38-39(37-49-36-35-40(43(47)48)44(3,4)5)51-42(46)34-32-30-28-26-23-19-17-15-13-11-9-7-2/h9,11,15-18,39-40H,6-8,10,12-14,19-38H2,1-5H3/p+1/b11-9+,17-15+,18-16+. The third-order valence-corrected chi connectivity index (χ3v) is 9.02. The molecular weight excluding hydrogens is 642 g/mol. The Balaban J connectivity index is 4.39. The molecule has 0 rings (SSSR count). The molecule has 2 atom stereocenters. The Morgan fingerprint density at radius 2 is 1.10 bits per heavy atom. The van der Waals surface area contributed by atoms with Crippen LogP contribution in [-0.4, -0.2) is 80.6 Å². The Morgan fingerprint density at radius 3 is 1.63 bits per heavy atom. The Kier molecular flexibility index (Phi) is 33.0. The third-order valence-electron chi connectivity index (χ3n) is 9.02. The van der Waals surface area contributed by atoms with Gasteiger partial charge >= 0.3 is 17.9 Å². The number of unbranched alkanes of at least 4 members (excludes halogenated alkanes) is 16. The van der Waals surface area contributed by atoms with Gasteiger partial charge in [0.2, 0.25) is 0 Å². The molecule has 1 N–H and O–H groups in total. The molecule has 0 aliphatic rings. The number of carbonyl (C=O) groups excluding carboxylic acids is 2. The lowest BCUT2D eigenvalue weighted by Gasteiger charge is -2.31. The maximum Gasteiger partial charge on any atom is 0.362 e. The molecule has 0 fully saturated rings. The Hall–Kier alpha value is -2.45. The maximum atomic E-state index is 12.7. The second-order valence-electron chi connectivity index (χ2n) is 14.9. The van der Waals surface area contributed by atoms with E-state index in [4.69, 9.17) is 14.2 Å². The molecular formula is C43H78NO7+. The van der Waals surface area contributed by atoms with E-state index >= 15 is 0 Å². The van der Waals surface area contributed by atoms with Crippen molar-refractivity contribution in [3.8, 4) is 0 Å². The lowest BCUT2D eigenvalue weighted by Crippen LogP contribution is -2.50. The highest BCUT2D eigenvalue weighted by atomic mass is 16.6. The van der Waals surface area contributed by atoms with E-state index in [2.05, 4.69) is 50.3 Å². The fraction of sp³-hybridized carbons (Fsp3) is 0.791. The van der Waals surface area contributed by atoms with Gasteiger partial charge in [-0.2, -0.15) is 0 Å². The second-order valence-corrected chi connectivity index (χ2v) is 14.9. The summed E-state index contributed by atoms with van der Waals surface area (Å²) in [6.07, 6.45) is 37.5. The van der Waals surface area contributed by atoms with Gasteiger partial charge in [0.25, 0.3) is 0 Å². The summed E-state index contributed by atoms with van der Waals surface area (Å²) < 4.78 is 17.2. The summed E-state index contributed by atoms with van der Waals surface area (Å²) in [6, 6.07) is -0.616. The molecule has 2 unspecified atom stereocenters. The number of carboxylic acids is 1. The summed E-state index contributed by atoms with van der Waals surface area (Å²) in [5.41, 5.74) is 0.